The lowest BCUT2D eigenvalue weighted by atomic mass is 9.84. The van der Waals surface area contributed by atoms with Crippen molar-refractivity contribution in [3.8, 4) is 0 Å². The summed E-state index contributed by atoms with van der Waals surface area (Å²) in [6.07, 6.45) is 5.70. The molecule has 19 heavy (non-hydrogen) atoms. The molecule has 0 spiro atoms. The summed E-state index contributed by atoms with van der Waals surface area (Å²) in [5, 5.41) is 2.05. The molecule has 1 aliphatic heterocycles. The number of benzene rings is 1. The molecule has 0 saturated carbocycles. The van der Waals surface area contributed by atoms with Gasteiger partial charge in [0.05, 0.1) is 18.3 Å². The Balaban J connectivity index is 2.04. The Morgan fingerprint density at radius 3 is 2.89 bits per heavy atom. The van der Waals surface area contributed by atoms with E-state index in [-0.39, 0.29) is 6.04 Å². The summed E-state index contributed by atoms with van der Waals surface area (Å²) in [4.78, 5) is 6.00. The summed E-state index contributed by atoms with van der Waals surface area (Å²) in [6.45, 7) is 2.89. The average molecular weight is 258 g/mol. The van der Waals surface area contributed by atoms with Crippen LogP contribution in [0.1, 0.15) is 50.6 Å². The summed E-state index contributed by atoms with van der Waals surface area (Å²) in [5.41, 5.74) is 11.5. The van der Waals surface area contributed by atoms with E-state index in [1.807, 2.05) is 0 Å². The molecule has 102 valence electrons. The molecule has 1 aromatic rings. The molecular weight excluding hydrogens is 236 g/mol. The highest BCUT2D eigenvalue weighted by molar-refractivity contribution is 5.63. The van der Waals surface area contributed by atoms with Crippen LogP contribution >= 0.6 is 0 Å². The quantitative estimate of drug-likeness (QED) is 0.899. The zero-order chi connectivity index (χ0) is 13.2. The van der Waals surface area contributed by atoms with Gasteiger partial charge in [-0.2, -0.15) is 0 Å². The fourth-order valence-corrected chi connectivity index (χ4v) is 3.08. The van der Waals surface area contributed by atoms with Gasteiger partial charge in [0.25, 0.3) is 0 Å². The molecule has 3 rings (SSSR count). The molecule has 0 saturated heterocycles. The van der Waals surface area contributed by atoms with Gasteiger partial charge >= 0.3 is 0 Å². The summed E-state index contributed by atoms with van der Waals surface area (Å²) >= 11 is 0. The second-order valence-corrected chi connectivity index (χ2v) is 5.34. The summed E-state index contributed by atoms with van der Waals surface area (Å²) in [5.74, 6) is 0. The van der Waals surface area contributed by atoms with E-state index in [1.165, 1.54) is 29.7 Å². The molecule has 1 unspecified atom stereocenters. The Kier molecular flexibility index (Phi) is 3.58. The lowest BCUT2D eigenvalue weighted by Crippen LogP contribution is -2.34. The topological polar surface area (TPSA) is 38.5 Å². The fourth-order valence-electron chi connectivity index (χ4n) is 3.08. The van der Waals surface area contributed by atoms with E-state index < -0.39 is 0 Å². The zero-order valence-electron chi connectivity index (χ0n) is 11.6. The number of nitrogens with two attached hydrogens (primary N) is 1. The highest BCUT2D eigenvalue weighted by Crippen LogP contribution is 2.44. The van der Waals surface area contributed by atoms with Crippen molar-refractivity contribution in [2.24, 2.45) is 5.73 Å². The van der Waals surface area contributed by atoms with Crippen LogP contribution in [0.5, 0.6) is 0 Å². The minimum Gasteiger partial charge on any atom is -0.320 e. The monoisotopic (exact) mass is 258 g/mol. The largest absolute Gasteiger partial charge is 0.320 e. The van der Waals surface area contributed by atoms with Gasteiger partial charge in [0, 0.05) is 5.70 Å². The predicted molar refractivity (Wildman–Crippen MR) is 77.6 cm³/mol. The zero-order valence-corrected chi connectivity index (χ0v) is 11.6. The van der Waals surface area contributed by atoms with Gasteiger partial charge in [0.2, 0.25) is 0 Å². The first kappa shape index (κ1) is 12.7. The van der Waals surface area contributed by atoms with Crippen molar-refractivity contribution in [1.82, 2.24) is 0 Å². The Morgan fingerprint density at radius 1 is 1.26 bits per heavy atom. The molecule has 3 heteroatoms. The molecule has 0 fully saturated rings. The number of hydrogen-bond acceptors (Lipinski definition) is 3. The van der Waals surface area contributed by atoms with Gasteiger partial charge in [-0.25, -0.2) is 5.06 Å². The maximum Gasteiger partial charge on any atom is 0.0750 e. The van der Waals surface area contributed by atoms with Crippen LogP contribution in [0.15, 0.2) is 35.5 Å². The standard InChI is InChI=1S/C16H22N2O/c1-2-11-19-18-14-9-5-3-7-12(14)16(17)13-8-4-6-10-15(13)18/h3,5,7,9,16H,2,4,6,8,10-11,17H2,1H3. The van der Waals surface area contributed by atoms with Crippen LogP contribution in [-0.2, 0) is 4.84 Å². The van der Waals surface area contributed by atoms with Crippen LogP contribution in [0.4, 0.5) is 5.69 Å². The van der Waals surface area contributed by atoms with Crippen LogP contribution < -0.4 is 10.8 Å². The molecule has 0 aromatic heterocycles. The highest BCUT2D eigenvalue weighted by Gasteiger charge is 2.32. The molecule has 1 heterocycles. The molecule has 0 bridgehead atoms. The summed E-state index contributed by atoms with van der Waals surface area (Å²) in [6, 6.07) is 8.41. The lowest BCUT2D eigenvalue weighted by Gasteiger charge is -2.39. The van der Waals surface area contributed by atoms with Crippen molar-refractivity contribution in [3.63, 3.8) is 0 Å². The number of para-hydroxylation sites is 1. The molecule has 0 radical (unpaired) electrons. The van der Waals surface area contributed by atoms with Crippen LogP contribution in [0.3, 0.4) is 0 Å². The number of hydrogen-bond donors (Lipinski definition) is 1. The number of allylic oxidation sites excluding steroid dienone is 1. The van der Waals surface area contributed by atoms with E-state index >= 15 is 0 Å². The number of nitrogens with zero attached hydrogens (tertiary/aromatic N) is 1. The molecule has 2 N–H and O–H groups in total. The first-order chi connectivity index (χ1) is 9.33. The van der Waals surface area contributed by atoms with E-state index in [4.69, 9.17) is 10.6 Å². The molecule has 1 aromatic carbocycles. The second-order valence-electron chi connectivity index (χ2n) is 5.34. The van der Waals surface area contributed by atoms with Crippen molar-refractivity contribution in [2.75, 3.05) is 11.7 Å². The molecule has 1 atom stereocenters. The van der Waals surface area contributed by atoms with Crippen molar-refractivity contribution < 1.29 is 4.84 Å². The number of fused-ring (bicyclic) bond motifs is 1. The van der Waals surface area contributed by atoms with Gasteiger partial charge < -0.3 is 5.73 Å². The van der Waals surface area contributed by atoms with Gasteiger partial charge in [-0.05, 0) is 49.3 Å². The molecular formula is C16H22N2O. The van der Waals surface area contributed by atoms with Crippen LogP contribution in [0, 0.1) is 0 Å². The molecule has 1 aliphatic carbocycles. The SMILES string of the molecule is CCCON1C2=C(CCCC2)C(N)c2ccccc21. The molecule has 2 aliphatic rings. The molecule has 3 nitrogen and oxygen atoms in total. The fraction of sp³-hybridized carbons (Fsp3) is 0.500. The van der Waals surface area contributed by atoms with Gasteiger partial charge in [0.15, 0.2) is 0 Å². The number of hydroxylamine groups is 1. The summed E-state index contributed by atoms with van der Waals surface area (Å²) in [7, 11) is 0. The minimum absolute atomic E-state index is 0.0491. The first-order valence-electron chi connectivity index (χ1n) is 7.32. The van der Waals surface area contributed by atoms with Crippen molar-refractivity contribution in [3.05, 3.63) is 41.1 Å². The van der Waals surface area contributed by atoms with Gasteiger partial charge in [-0.15, -0.1) is 0 Å². The maximum atomic E-state index is 6.45. The second kappa shape index (κ2) is 5.35. The Bertz CT molecular complexity index is 495. The number of rotatable bonds is 3. The Labute approximate surface area is 115 Å². The van der Waals surface area contributed by atoms with E-state index in [9.17, 15) is 0 Å². The van der Waals surface area contributed by atoms with Crippen LogP contribution in [0.25, 0.3) is 0 Å². The predicted octanol–water partition coefficient (Wildman–Crippen LogP) is 3.68. The van der Waals surface area contributed by atoms with E-state index in [0.717, 1.165) is 31.6 Å². The van der Waals surface area contributed by atoms with Gasteiger partial charge in [-0.3, -0.25) is 4.84 Å². The first-order valence-corrected chi connectivity index (χ1v) is 7.32. The lowest BCUT2D eigenvalue weighted by molar-refractivity contribution is 0.119. The Hall–Kier alpha value is -1.32. The van der Waals surface area contributed by atoms with E-state index in [2.05, 4.69) is 36.3 Å². The highest BCUT2D eigenvalue weighted by atomic mass is 16.7. The number of anilines is 1. The van der Waals surface area contributed by atoms with Gasteiger partial charge in [0.1, 0.15) is 0 Å². The molecule has 0 amide bonds. The third kappa shape index (κ3) is 2.17. The van der Waals surface area contributed by atoms with Crippen LogP contribution in [-0.4, -0.2) is 6.61 Å². The third-order valence-corrected chi connectivity index (χ3v) is 4.02. The van der Waals surface area contributed by atoms with Gasteiger partial charge in [-0.1, -0.05) is 25.1 Å². The third-order valence-electron chi connectivity index (χ3n) is 4.02. The average Bonchev–Trinajstić information content (AvgIpc) is 2.47. The van der Waals surface area contributed by atoms with Crippen LogP contribution in [0.2, 0.25) is 0 Å². The minimum atomic E-state index is 0.0491. The smallest absolute Gasteiger partial charge is 0.0750 e. The summed E-state index contributed by atoms with van der Waals surface area (Å²) < 4.78 is 0. The van der Waals surface area contributed by atoms with E-state index in [1.54, 1.807) is 0 Å². The van der Waals surface area contributed by atoms with Crippen molar-refractivity contribution >= 4 is 5.69 Å². The van der Waals surface area contributed by atoms with Crippen molar-refractivity contribution in [2.45, 2.75) is 45.1 Å². The Morgan fingerprint density at radius 2 is 2.05 bits per heavy atom. The van der Waals surface area contributed by atoms with Crippen molar-refractivity contribution in [1.29, 1.82) is 0 Å². The maximum absolute atomic E-state index is 6.45. The van der Waals surface area contributed by atoms with E-state index in [0.29, 0.717) is 0 Å². The normalized spacial score (nSPS) is 22.2.